The van der Waals surface area contributed by atoms with Crippen molar-refractivity contribution >= 4 is 17.7 Å². The van der Waals surface area contributed by atoms with E-state index >= 15 is 0 Å². The van der Waals surface area contributed by atoms with Crippen LogP contribution in [0.15, 0.2) is 66.0 Å². The van der Waals surface area contributed by atoms with Gasteiger partial charge in [-0.15, -0.1) is 0 Å². The number of thioether (sulfide) groups is 1. The monoisotopic (exact) mass is 392 g/mol. The minimum Gasteiger partial charge on any atom is -0.348 e. The number of imidazole rings is 1. The van der Waals surface area contributed by atoms with Gasteiger partial charge < -0.3 is 11.2 Å². The summed E-state index contributed by atoms with van der Waals surface area (Å²) in [6, 6.07) is 18.3. The number of aromatic nitrogens is 2. The minimum absolute atomic E-state index is 0.0102. The maximum absolute atomic E-state index is 12.8. The molecule has 0 saturated heterocycles. The predicted molar refractivity (Wildman–Crippen MR) is 113 cm³/mol. The Balaban J connectivity index is 1.44. The van der Waals surface area contributed by atoms with E-state index in [1.165, 1.54) is 27.6 Å². The number of benzene rings is 2. The molecule has 2 atom stereocenters. The summed E-state index contributed by atoms with van der Waals surface area (Å²) in [5, 5.41) is 3.56. The molecule has 28 heavy (non-hydrogen) atoms. The third-order valence-corrected chi connectivity index (χ3v) is 6.19. The van der Waals surface area contributed by atoms with Crippen molar-refractivity contribution < 1.29 is 4.79 Å². The Kier molecular flexibility index (Phi) is 5.39. The lowest BCUT2D eigenvalue weighted by Gasteiger charge is -2.27. The second-order valence-electron chi connectivity index (χ2n) is 7.09. The molecular formula is C22H24N4OS. The fourth-order valence-corrected chi connectivity index (χ4v) is 4.43. The molecular weight excluding hydrogens is 368 g/mol. The SMILES string of the molecule is C[C@H](Sc1nc(-c2ccccc2)cn1N)C(=O)N[C@H]1CCCc2ccccc21. The van der Waals surface area contributed by atoms with E-state index in [0.717, 1.165) is 30.5 Å². The van der Waals surface area contributed by atoms with Crippen LogP contribution < -0.4 is 11.2 Å². The Labute approximate surface area is 169 Å². The van der Waals surface area contributed by atoms with Crippen LogP contribution in [0.5, 0.6) is 0 Å². The largest absolute Gasteiger partial charge is 0.348 e. The molecule has 1 heterocycles. The molecule has 144 valence electrons. The van der Waals surface area contributed by atoms with Gasteiger partial charge in [-0.05, 0) is 37.3 Å². The average molecular weight is 393 g/mol. The van der Waals surface area contributed by atoms with Gasteiger partial charge in [0.05, 0.1) is 23.2 Å². The van der Waals surface area contributed by atoms with Crippen LogP contribution in [0.1, 0.15) is 36.9 Å². The molecule has 6 heteroatoms. The van der Waals surface area contributed by atoms with Crippen molar-refractivity contribution in [1.82, 2.24) is 15.0 Å². The van der Waals surface area contributed by atoms with E-state index in [-0.39, 0.29) is 17.2 Å². The first-order valence-electron chi connectivity index (χ1n) is 9.56. The Morgan fingerprint density at radius 2 is 1.96 bits per heavy atom. The molecule has 0 aliphatic heterocycles. The van der Waals surface area contributed by atoms with E-state index in [1.54, 1.807) is 6.20 Å². The number of hydrogen-bond donors (Lipinski definition) is 2. The molecule has 4 rings (SSSR count). The first-order chi connectivity index (χ1) is 13.6. The zero-order valence-corrected chi connectivity index (χ0v) is 16.7. The normalized spacial score (nSPS) is 17.0. The highest BCUT2D eigenvalue weighted by Gasteiger charge is 2.25. The summed E-state index contributed by atoms with van der Waals surface area (Å²) in [5.41, 5.74) is 4.39. The van der Waals surface area contributed by atoms with Crippen molar-refractivity contribution in [2.45, 2.75) is 42.6 Å². The van der Waals surface area contributed by atoms with Gasteiger partial charge >= 0.3 is 0 Å². The molecule has 1 aromatic heterocycles. The summed E-state index contributed by atoms with van der Waals surface area (Å²) in [7, 11) is 0. The highest BCUT2D eigenvalue weighted by atomic mass is 32.2. The lowest BCUT2D eigenvalue weighted by Crippen LogP contribution is -2.36. The summed E-state index contributed by atoms with van der Waals surface area (Å²) >= 11 is 1.38. The zero-order valence-electron chi connectivity index (χ0n) is 15.8. The van der Waals surface area contributed by atoms with Crippen LogP contribution in [0, 0.1) is 0 Å². The average Bonchev–Trinajstić information content (AvgIpc) is 3.09. The van der Waals surface area contributed by atoms with Gasteiger partial charge in [0.15, 0.2) is 5.16 Å². The van der Waals surface area contributed by atoms with E-state index in [2.05, 4.69) is 28.5 Å². The Hall–Kier alpha value is -2.73. The number of aryl methyl sites for hydroxylation is 1. The number of fused-ring (bicyclic) bond motifs is 1. The van der Waals surface area contributed by atoms with Gasteiger partial charge in [-0.25, -0.2) is 9.66 Å². The van der Waals surface area contributed by atoms with Crippen LogP contribution in [0.4, 0.5) is 0 Å². The summed E-state index contributed by atoms with van der Waals surface area (Å²) < 4.78 is 1.49. The molecule has 0 saturated carbocycles. The number of nitrogens with zero attached hydrogens (tertiary/aromatic N) is 2. The fraction of sp³-hybridized carbons (Fsp3) is 0.273. The van der Waals surface area contributed by atoms with Crippen LogP contribution in [0.25, 0.3) is 11.3 Å². The molecule has 1 aliphatic rings. The van der Waals surface area contributed by atoms with Crippen molar-refractivity contribution in [3.8, 4) is 11.3 Å². The molecule has 3 N–H and O–H groups in total. The van der Waals surface area contributed by atoms with Crippen molar-refractivity contribution in [2.75, 3.05) is 5.84 Å². The van der Waals surface area contributed by atoms with Gasteiger partial charge in [-0.2, -0.15) is 0 Å². The third-order valence-electron chi connectivity index (χ3n) is 5.11. The van der Waals surface area contributed by atoms with Crippen molar-refractivity contribution in [3.05, 3.63) is 71.9 Å². The summed E-state index contributed by atoms with van der Waals surface area (Å²) in [6.45, 7) is 1.89. The van der Waals surface area contributed by atoms with Gasteiger partial charge in [0, 0.05) is 5.56 Å². The highest BCUT2D eigenvalue weighted by molar-refractivity contribution is 8.00. The Bertz CT molecular complexity index is 970. The van der Waals surface area contributed by atoms with Crippen LogP contribution in [-0.4, -0.2) is 20.8 Å². The van der Waals surface area contributed by atoms with Gasteiger partial charge in [0.1, 0.15) is 0 Å². The van der Waals surface area contributed by atoms with Gasteiger partial charge in [-0.3, -0.25) is 4.79 Å². The van der Waals surface area contributed by atoms with Gasteiger partial charge in [0.2, 0.25) is 5.91 Å². The zero-order chi connectivity index (χ0) is 19.5. The van der Waals surface area contributed by atoms with Crippen molar-refractivity contribution in [1.29, 1.82) is 0 Å². The van der Waals surface area contributed by atoms with E-state index in [1.807, 2.05) is 43.3 Å². The summed E-state index contributed by atoms with van der Waals surface area (Å²) in [4.78, 5) is 17.4. The number of hydrogen-bond acceptors (Lipinski definition) is 4. The number of carbonyl (C=O) groups excluding carboxylic acids is 1. The smallest absolute Gasteiger partial charge is 0.233 e. The van der Waals surface area contributed by atoms with E-state index in [4.69, 9.17) is 5.84 Å². The van der Waals surface area contributed by atoms with Gasteiger partial charge in [-0.1, -0.05) is 66.4 Å². The van der Waals surface area contributed by atoms with Crippen LogP contribution in [0.2, 0.25) is 0 Å². The lowest BCUT2D eigenvalue weighted by molar-refractivity contribution is -0.121. The molecule has 2 aromatic carbocycles. The molecule has 0 unspecified atom stereocenters. The maximum atomic E-state index is 12.8. The fourth-order valence-electron chi connectivity index (χ4n) is 3.62. The van der Waals surface area contributed by atoms with E-state index in [9.17, 15) is 4.79 Å². The van der Waals surface area contributed by atoms with Crippen molar-refractivity contribution in [3.63, 3.8) is 0 Å². The number of nitrogen functional groups attached to an aromatic ring is 1. The molecule has 1 aliphatic carbocycles. The van der Waals surface area contributed by atoms with Gasteiger partial charge in [0.25, 0.3) is 0 Å². The predicted octanol–water partition coefficient (Wildman–Crippen LogP) is 3.94. The Morgan fingerprint density at radius 1 is 1.21 bits per heavy atom. The highest BCUT2D eigenvalue weighted by Crippen LogP contribution is 2.31. The molecule has 5 nitrogen and oxygen atoms in total. The van der Waals surface area contributed by atoms with Crippen LogP contribution in [0.3, 0.4) is 0 Å². The second-order valence-corrected chi connectivity index (χ2v) is 8.40. The number of rotatable bonds is 5. The van der Waals surface area contributed by atoms with Crippen LogP contribution >= 0.6 is 11.8 Å². The third kappa shape index (κ3) is 3.92. The number of amides is 1. The second kappa shape index (κ2) is 8.10. The molecule has 0 fully saturated rings. The number of nitrogens with two attached hydrogens (primary N) is 1. The molecule has 1 amide bonds. The first-order valence-corrected chi connectivity index (χ1v) is 10.4. The molecule has 3 aromatic rings. The maximum Gasteiger partial charge on any atom is 0.233 e. The molecule has 0 bridgehead atoms. The number of nitrogens with one attached hydrogen (secondary N) is 1. The van der Waals surface area contributed by atoms with E-state index in [0.29, 0.717) is 5.16 Å². The lowest BCUT2D eigenvalue weighted by atomic mass is 9.88. The van der Waals surface area contributed by atoms with Crippen LogP contribution in [-0.2, 0) is 11.2 Å². The minimum atomic E-state index is -0.289. The quantitative estimate of drug-likeness (QED) is 0.510. The number of carbonyl (C=O) groups is 1. The molecule has 0 spiro atoms. The Morgan fingerprint density at radius 3 is 2.79 bits per heavy atom. The first kappa shape index (κ1) is 18.6. The summed E-state index contributed by atoms with van der Waals surface area (Å²) in [5.74, 6) is 6.09. The van der Waals surface area contributed by atoms with E-state index < -0.39 is 0 Å². The topological polar surface area (TPSA) is 72.9 Å². The van der Waals surface area contributed by atoms with Crippen molar-refractivity contribution in [2.24, 2.45) is 0 Å². The molecule has 0 radical (unpaired) electrons. The summed E-state index contributed by atoms with van der Waals surface area (Å²) in [6.07, 6.45) is 4.94. The standard InChI is InChI=1S/C22H24N4OS/c1-15(21(27)24-19-13-7-11-16-8-5-6-12-18(16)19)28-22-25-20(14-26(22)23)17-9-3-2-4-10-17/h2-6,8-10,12,14-15,19H,7,11,13,23H2,1H3,(H,24,27)/t15-,19-/m0/s1.